The van der Waals surface area contributed by atoms with Gasteiger partial charge in [-0.1, -0.05) is 0 Å². The van der Waals surface area contributed by atoms with Crippen molar-refractivity contribution in [1.29, 1.82) is 0 Å². The van der Waals surface area contributed by atoms with Gasteiger partial charge < -0.3 is 49.1 Å². The number of fused-ring (bicyclic) bond motifs is 2. The second kappa shape index (κ2) is 12.4. The number of allylic oxidation sites excluding steroid dienone is 2. The summed E-state index contributed by atoms with van der Waals surface area (Å²) in [5.74, 6) is -4.71. The second-order valence-electron chi connectivity index (χ2n) is 8.18. The van der Waals surface area contributed by atoms with E-state index in [1.165, 1.54) is 0 Å². The van der Waals surface area contributed by atoms with Crippen LogP contribution in [-0.4, -0.2) is 85.1 Å². The quantitative estimate of drug-likeness (QED) is 0.206. The summed E-state index contributed by atoms with van der Waals surface area (Å²) in [5.41, 5.74) is -4.79. The summed E-state index contributed by atoms with van der Waals surface area (Å²) in [6.07, 6.45) is 0.981. The molecule has 0 amide bonds. The number of nitrogens with zero attached hydrogens (tertiary/aromatic N) is 2. The molecule has 45 heavy (non-hydrogen) atoms. The third-order valence-corrected chi connectivity index (χ3v) is 8.79. The molecule has 0 atom stereocenters. The first-order valence-corrected chi connectivity index (χ1v) is 16.1. The van der Waals surface area contributed by atoms with Crippen LogP contribution >= 0.6 is 0 Å². The van der Waals surface area contributed by atoms with Crippen molar-refractivity contribution < 1.29 is 88.8 Å². The first kappa shape index (κ1) is 37.1. The maximum atomic E-state index is 11.9. The minimum absolute atomic E-state index is 0. The maximum absolute atomic E-state index is 11.9. The molecule has 0 aromatic heterocycles. The van der Waals surface area contributed by atoms with Gasteiger partial charge in [-0.05, 0) is 47.5 Å². The molecule has 2 aliphatic carbocycles. The number of aromatic hydroxyl groups is 2. The first-order chi connectivity index (χ1) is 19.9. The van der Waals surface area contributed by atoms with Crippen LogP contribution in [0.1, 0.15) is 31.8 Å². The van der Waals surface area contributed by atoms with Gasteiger partial charge in [0.15, 0.2) is 0 Å². The predicted molar refractivity (Wildman–Crippen MR) is 138 cm³/mol. The molecule has 2 N–H and O–H groups in total. The standard InChI is InChI=1S/2C10H7NO9S2.Cu/c2*12-6-3-5(21(15,16)17)1-4-2-7(22(18,19)20)9(11-14)10(13)8(4)6;/h2*1-3,12,14H,(H,15,16,17)(H,18,19,20);/q;;+2/p-6/b2*11-9-;. The number of carbonyl (C=O) groups is 2. The summed E-state index contributed by atoms with van der Waals surface area (Å²) < 4.78 is 132. The average molecular weight is 756 g/mol. The molecule has 0 saturated heterocycles. The number of Topliss-reactive ketones (excluding diaryl/α,β-unsaturated/α-hetero) is 2. The summed E-state index contributed by atoms with van der Waals surface area (Å²) in [7, 11) is -20.6. The van der Waals surface area contributed by atoms with Crippen molar-refractivity contribution >= 4 is 75.6 Å². The molecule has 0 saturated carbocycles. The van der Waals surface area contributed by atoms with Crippen LogP contribution in [0.15, 0.2) is 54.2 Å². The van der Waals surface area contributed by atoms with Gasteiger partial charge in [-0.2, -0.15) is 0 Å². The largest absolute Gasteiger partial charge is 2.00 e. The second-order valence-corrected chi connectivity index (χ2v) is 13.6. The Hall–Kier alpha value is -4.04. The molecule has 20 nitrogen and oxygen atoms in total. The summed E-state index contributed by atoms with van der Waals surface area (Å²) >= 11 is 0. The van der Waals surface area contributed by atoms with Crippen molar-refractivity contribution in [3.05, 3.63) is 66.7 Å². The number of rotatable bonds is 4. The molecule has 0 unspecified atom stereocenters. The molecule has 0 spiro atoms. The maximum Gasteiger partial charge on any atom is 2.00 e. The Morgan fingerprint density at radius 2 is 0.822 bits per heavy atom. The van der Waals surface area contributed by atoms with E-state index in [1.54, 1.807) is 0 Å². The van der Waals surface area contributed by atoms with E-state index in [9.17, 15) is 82.1 Å². The van der Waals surface area contributed by atoms with E-state index in [1.807, 2.05) is 0 Å². The number of hydrogen-bond donors (Lipinski definition) is 2. The van der Waals surface area contributed by atoms with Crippen molar-refractivity contribution in [3.8, 4) is 11.5 Å². The number of hydrogen-bond acceptors (Lipinski definition) is 20. The van der Waals surface area contributed by atoms with Crippen LogP contribution in [0, 0.1) is 10.4 Å². The Balaban J connectivity index is 0.000000307. The molecule has 2 aromatic carbocycles. The Labute approximate surface area is 261 Å². The van der Waals surface area contributed by atoms with Crippen LogP contribution in [0.4, 0.5) is 0 Å². The molecule has 0 bridgehead atoms. The summed E-state index contributed by atoms with van der Waals surface area (Å²) in [5, 5.41) is 44.8. The van der Waals surface area contributed by atoms with E-state index in [2.05, 4.69) is 10.3 Å². The van der Waals surface area contributed by atoms with Crippen LogP contribution in [0.2, 0.25) is 0 Å². The Bertz CT molecular complexity index is 2080. The Morgan fingerprint density at radius 1 is 0.533 bits per heavy atom. The minimum atomic E-state index is -5.27. The van der Waals surface area contributed by atoms with Crippen LogP contribution in [0.25, 0.3) is 12.2 Å². The van der Waals surface area contributed by atoms with E-state index < -0.39 is 117 Å². The normalized spacial score (nSPS) is 16.9. The van der Waals surface area contributed by atoms with Gasteiger partial charge in [0.1, 0.15) is 63.4 Å². The summed E-state index contributed by atoms with van der Waals surface area (Å²) in [6.45, 7) is 0. The number of ketones is 2. The molecular formula is C20H8CuN2O18S4-4. The van der Waals surface area contributed by atoms with Gasteiger partial charge in [0, 0.05) is 0 Å². The molecular weight excluding hydrogens is 748 g/mol. The van der Waals surface area contributed by atoms with Crippen molar-refractivity contribution in [2.45, 2.75) is 9.79 Å². The Kier molecular flexibility index (Phi) is 10.2. The van der Waals surface area contributed by atoms with Gasteiger partial charge in [-0.15, -0.1) is 0 Å². The van der Waals surface area contributed by atoms with Crippen LogP contribution < -0.4 is 0 Å². The van der Waals surface area contributed by atoms with E-state index in [-0.39, 0.29) is 17.1 Å². The van der Waals surface area contributed by atoms with Gasteiger partial charge in [-0.25, -0.2) is 33.7 Å². The predicted octanol–water partition coefficient (Wildman–Crippen LogP) is -1.37. The molecule has 245 valence electrons. The Morgan fingerprint density at radius 3 is 1.04 bits per heavy atom. The molecule has 2 aromatic rings. The van der Waals surface area contributed by atoms with Crippen LogP contribution in [0.5, 0.6) is 11.5 Å². The molecule has 0 aliphatic heterocycles. The fourth-order valence-corrected chi connectivity index (χ4v) is 6.02. The SMILES string of the molecule is O=C1/C(=N\[O-])C(S(=O)(=O)[O-])=Cc2cc(S(=O)(=O)[O-])cc(O)c21.O=C1/C(=N\[O-])C(S(=O)(=O)[O-])=Cc2cc(S(=O)(=O)[O-])cc(O)c21.[Cu+2]. The molecule has 0 heterocycles. The molecule has 1 radical (unpaired) electrons. The van der Waals surface area contributed by atoms with Gasteiger partial charge in [0.2, 0.25) is 11.6 Å². The van der Waals surface area contributed by atoms with E-state index >= 15 is 0 Å². The zero-order valence-electron chi connectivity index (χ0n) is 20.7. The molecule has 4 rings (SSSR count). The number of carbonyl (C=O) groups excluding carboxylic acids is 2. The topological polar surface area (TPSA) is 374 Å². The van der Waals surface area contributed by atoms with E-state index in [0.717, 1.165) is 0 Å². The van der Waals surface area contributed by atoms with Crippen LogP contribution in [-0.2, 0) is 57.5 Å². The van der Waals surface area contributed by atoms with E-state index in [4.69, 9.17) is 0 Å². The fourth-order valence-electron chi connectivity index (χ4n) is 3.69. The van der Waals surface area contributed by atoms with Gasteiger partial charge in [0.05, 0.1) is 30.7 Å². The zero-order chi connectivity index (χ0) is 33.7. The van der Waals surface area contributed by atoms with Crippen molar-refractivity contribution in [3.63, 3.8) is 0 Å². The van der Waals surface area contributed by atoms with Gasteiger partial charge in [-0.3, -0.25) is 9.59 Å². The smallest absolute Gasteiger partial charge is 0.791 e. The third kappa shape index (κ3) is 7.44. The third-order valence-electron chi connectivity index (χ3n) is 5.47. The minimum Gasteiger partial charge on any atom is -0.791 e. The average Bonchev–Trinajstić information content (AvgIpc) is 2.86. The zero-order valence-corrected chi connectivity index (χ0v) is 24.9. The van der Waals surface area contributed by atoms with Gasteiger partial charge >= 0.3 is 17.1 Å². The molecule has 2 aliphatic rings. The van der Waals surface area contributed by atoms with Crippen LogP contribution in [0.3, 0.4) is 0 Å². The first-order valence-electron chi connectivity index (χ1n) is 10.4. The van der Waals surface area contributed by atoms with Gasteiger partial charge in [0.25, 0.3) is 0 Å². The number of phenolic OH excluding ortho intramolecular Hbond substituents is 2. The van der Waals surface area contributed by atoms with Crippen molar-refractivity contribution in [1.82, 2.24) is 0 Å². The summed E-state index contributed by atoms with van der Waals surface area (Å²) in [4.78, 5) is 19.4. The summed E-state index contributed by atoms with van der Waals surface area (Å²) in [6, 6.07) is 2.13. The van der Waals surface area contributed by atoms with Crippen molar-refractivity contribution in [2.75, 3.05) is 0 Å². The number of benzene rings is 2. The molecule has 25 heteroatoms. The fraction of sp³-hybridized carbons (Fsp3) is 0. The van der Waals surface area contributed by atoms with E-state index in [0.29, 0.717) is 36.4 Å². The number of phenols is 2. The van der Waals surface area contributed by atoms with Crippen molar-refractivity contribution in [2.24, 2.45) is 10.3 Å². The monoisotopic (exact) mass is 755 g/mol. The molecule has 0 fully saturated rings.